The van der Waals surface area contributed by atoms with E-state index in [4.69, 9.17) is 10.8 Å². The lowest BCUT2D eigenvalue weighted by molar-refractivity contribution is -0.137. The van der Waals surface area contributed by atoms with Crippen molar-refractivity contribution in [3.8, 4) is 0 Å². The Bertz CT molecular complexity index is 466. The van der Waals surface area contributed by atoms with Crippen LogP contribution in [0.4, 0.5) is 5.69 Å². The number of rotatable bonds is 4. The molecule has 5 nitrogen and oxygen atoms in total. The topological polar surface area (TPSA) is 89.6 Å². The van der Waals surface area contributed by atoms with E-state index in [1.54, 1.807) is 13.0 Å². The largest absolute Gasteiger partial charge is 0.478 e. The minimum Gasteiger partial charge on any atom is -0.478 e. The monoisotopic (exact) mass is 235 g/mol. The smallest absolute Gasteiger partial charge is 0.336 e. The summed E-state index contributed by atoms with van der Waals surface area (Å²) >= 11 is 0. The van der Waals surface area contributed by atoms with Crippen LogP contribution in [0.1, 0.15) is 22.8 Å². The molecule has 5 heteroatoms. The predicted octanol–water partition coefficient (Wildman–Crippen LogP) is 1.54. The maximum absolute atomic E-state index is 11.1. The van der Waals surface area contributed by atoms with Crippen LogP contribution in [-0.4, -0.2) is 23.7 Å². The normalized spacial score (nSPS) is 10.4. The third-order valence-electron chi connectivity index (χ3n) is 1.99. The summed E-state index contributed by atoms with van der Waals surface area (Å²) in [5, 5.41) is 8.95. The Kier molecular flexibility index (Phi) is 4.28. The standard InChI is InChI=1S/C12H13NO4/c1-2-17-11(14)6-4-8-3-5-9(13)7-10(8)12(15)16/h3-7H,2,13H2,1H3,(H,15,16). The number of hydrogen-bond donors (Lipinski definition) is 2. The first-order chi connectivity index (χ1) is 8.04. The molecule has 0 saturated carbocycles. The summed E-state index contributed by atoms with van der Waals surface area (Å²) in [4.78, 5) is 22.0. The Morgan fingerprint density at radius 3 is 2.76 bits per heavy atom. The van der Waals surface area contributed by atoms with Gasteiger partial charge in [0, 0.05) is 11.8 Å². The molecule has 1 rings (SSSR count). The molecule has 0 spiro atoms. The van der Waals surface area contributed by atoms with Crippen LogP contribution in [0.3, 0.4) is 0 Å². The van der Waals surface area contributed by atoms with Crippen molar-refractivity contribution in [1.82, 2.24) is 0 Å². The number of carbonyl (C=O) groups excluding carboxylic acids is 1. The van der Waals surface area contributed by atoms with Gasteiger partial charge in [-0.25, -0.2) is 9.59 Å². The van der Waals surface area contributed by atoms with Crippen molar-refractivity contribution >= 4 is 23.7 Å². The first-order valence-electron chi connectivity index (χ1n) is 5.02. The van der Waals surface area contributed by atoms with Gasteiger partial charge < -0.3 is 15.6 Å². The van der Waals surface area contributed by atoms with E-state index in [2.05, 4.69) is 4.74 Å². The summed E-state index contributed by atoms with van der Waals surface area (Å²) < 4.78 is 4.69. The van der Waals surface area contributed by atoms with Crippen molar-refractivity contribution < 1.29 is 19.4 Å². The number of carbonyl (C=O) groups is 2. The number of benzene rings is 1. The Morgan fingerprint density at radius 1 is 1.47 bits per heavy atom. The number of carboxylic acid groups (broad SMARTS) is 1. The Labute approximate surface area is 98.5 Å². The van der Waals surface area contributed by atoms with Crippen LogP contribution in [0, 0.1) is 0 Å². The Hall–Kier alpha value is -2.30. The van der Waals surface area contributed by atoms with Crippen molar-refractivity contribution in [1.29, 1.82) is 0 Å². The van der Waals surface area contributed by atoms with Crippen LogP contribution in [0.25, 0.3) is 6.08 Å². The maximum atomic E-state index is 11.1. The third-order valence-corrected chi connectivity index (χ3v) is 1.99. The molecule has 0 aliphatic rings. The van der Waals surface area contributed by atoms with Gasteiger partial charge in [-0.1, -0.05) is 6.07 Å². The molecule has 0 unspecified atom stereocenters. The second-order valence-electron chi connectivity index (χ2n) is 3.24. The number of esters is 1. The maximum Gasteiger partial charge on any atom is 0.336 e. The summed E-state index contributed by atoms with van der Waals surface area (Å²) in [6, 6.07) is 4.44. The number of aromatic carboxylic acids is 1. The molecule has 0 bridgehead atoms. The highest BCUT2D eigenvalue weighted by atomic mass is 16.5. The van der Waals surface area contributed by atoms with Gasteiger partial charge in [0.25, 0.3) is 0 Å². The van der Waals surface area contributed by atoms with Crippen LogP contribution in [-0.2, 0) is 9.53 Å². The third kappa shape index (κ3) is 3.64. The van der Waals surface area contributed by atoms with Crippen LogP contribution >= 0.6 is 0 Å². The van der Waals surface area contributed by atoms with Crippen molar-refractivity contribution in [2.45, 2.75) is 6.92 Å². The lowest BCUT2D eigenvalue weighted by Gasteiger charge is -2.02. The summed E-state index contributed by atoms with van der Waals surface area (Å²) in [5.41, 5.74) is 6.30. The van der Waals surface area contributed by atoms with Gasteiger partial charge in [-0.3, -0.25) is 0 Å². The van der Waals surface area contributed by atoms with Gasteiger partial charge in [0.2, 0.25) is 0 Å². The van der Waals surface area contributed by atoms with E-state index in [0.29, 0.717) is 11.3 Å². The fraction of sp³-hybridized carbons (Fsp3) is 0.167. The molecule has 0 amide bonds. The predicted molar refractivity (Wildman–Crippen MR) is 63.5 cm³/mol. The minimum atomic E-state index is -1.10. The van der Waals surface area contributed by atoms with E-state index in [9.17, 15) is 9.59 Å². The highest BCUT2D eigenvalue weighted by molar-refractivity contribution is 5.95. The molecule has 0 radical (unpaired) electrons. The van der Waals surface area contributed by atoms with Crippen molar-refractivity contribution in [3.05, 3.63) is 35.4 Å². The summed E-state index contributed by atoms with van der Waals surface area (Å²) in [6.07, 6.45) is 2.57. The molecular formula is C12H13NO4. The van der Waals surface area contributed by atoms with Crippen molar-refractivity contribution in [2.75, 3.05) is 12.3 Å². The number of hydrogen-bond acceptors (Lipinski definition) is 4. The molecule has 0 heterocycles. The molecule has 1 aromatic carbocycles. The molecule has 90 valence electrons. The average molecular weight is 235 g/mol. The van der Waals surface area contributed by atoms with Crippen LogP contribution in [0.15, 0.2) is 24.3 Å². The zero-order valence-corrected chi connectivity index (χ0v) is 9.34. The van der Waals surface area contributed by atoms with E-state index >= 15 is 0 Å². The number of carboxylic acids is 1. The van der Waals surface area contributed by atoms with Crippen LogP contribution < -0.4 is 5.73 Å². The minimum absolute atomic E-state index is 0.0468. The van der Waals surface area contributed by atoms with Gasteiger partial charge in [-0.2, -0.15) is 0 Å². The quantitative estimate of drug-likeness (QED) is 0.469. The molecule has 0 aromatic heterocycles. The molecule has 0 atom stereocenters. The number of nitrogens with two attached hydrogens (primary N) is 1. The molecule has 0 saturated heterocycles. The summed E-state index contributed by atoms with van der Waals surface area (Å²) in [5.74, 6) is -1.61. The Morgan fingerprint density at radius 2 is 2.18 bits per heavy atom. The first-order valence-corrected chi connectivity index (χ1v) is 5.02. The average Bonchev–Trinajstić information content (AvgIpc) is 2.27. The van der Waals surface area contributed by atoms with Gasteiger partial charge in [0.15, 0.2) is 0 Å². The zero-order chi connectivity index (χ0) is 12.8. The highest BCUT2D eigenvalue weighted by Gasteiger charge is 2.08. The van der Waals surface area contributed by atoms with Gasteiger partial charge >= 0.3 is 11.9 Å². The Balaban J connectivity index is 2.98. The van der Waals surface area contributed by atoms with E-state index in [0.717, 1.165) is 0 Å². The van der Waals surface area contributed by atoms with Gasteiger partial charge in [0.1, 0.15) is 0 Å². The number of nitrogen functional groups attached to an aromatic ring is 1. The lowest BCUT2D eigenvalue weighted by atomic mass is 10.1. The lowest BCUT2D eigenvalue weighted by Crippen LogP contribution is -2.02. The van der Waals surface area contributed by atoms with Crippen molar-refractivity contribution in [3.63, 3.8) is 0 Å². The number of anilines is 1. The van der Waals surface area contributed by atoms with E-state index < -0.39 is 11.9 Å². The fourth-order valence-electron chi connectivity index (χ4n) is 1.25. The highest BCUT2D eigenvalue weighted by Crippen LogP contribution is 2.15. The molecule has 3 N–H and O–H groups in total. The zero-order valence-electron chi connectivity index (χ0n) is 9.34. The fourth-order valence-corrected chi connectivity index (χ4v) is 1.25. The number of ether oxygens (including phenoxy) is 1. The second kappa shape index (κ2) is 5.69. The molecule has 0 aliphatic heterocycles. The second-order valence-corrected chi connectivity index (χ2v) is 3.24. The van der Waals surface area contributed by atoms with Gasteiger partial charge in [-0.05, 0) is 30.7 Å². The van der Waals surface area contributed by atoms with E-state index in [1.165, 1.54) is 24.3 Å². The van der Waals surface area contributed by atoms with E-state index in [1.807, 2.05) is 0 Å². The molecular weight excluding hydrogens is 222 g/mol. The van der Waals surface area contributed by atoms with Gasteiger partial charge in [0.05, 0.1) is 12.2 Å². The summed E-state index contributed by atoms with van der Waals surface area (Å²) in [7, 11) is 0. The summed E-state index contributed by atoms with van der Waals surface area (Å²) in [6.45, 7) is 1.97. The molecule has 0 aliphatic carbocycles. The molecule has 0 fully saturated rings. The van der Waals surface area contributed by atoms with Crippen LogP contribution in [0.2, 0.25) is 0 Å². The molecule has 1 aromatic rings. The first kappa shape index (κ1) is 12.8. The van der Waals surface area contributed by atoms with Gasteiger partial charge in [-0.15, -0.1) is 0 Å². The van der Waals surface area contributed by atoms with Crippen LogP contribution in [0.5, 0.6) is 0 Å². The SMILES string of the molecule is CCOC(=O)C=Cc1ccc(N)cc1C(=O)O. The van der Waals surface area contributed by atoms with E-state index in [-0.39, 0.29) is 12.2 Å². The van der Waals surface area contributed by atoms with Crippen molar-refractivity contribution in [2.24, 2.45) is 0 Å². The molecule has 17 heavy (non-hydrogen) atoms.